The Hall–Kier alpha value is -2.04. The molecule has 0 aliphatic heterocycles. The molecular formula is C12H9BF2O2. The number of rotatable bonds is 4. The van der Waals surface area contributed by atoms with Crippen molar-refractivity contribution in [2.24, 2.45) is 0 Å². The minimum atomic E-state index is -0.381. The molecule has 86 valence electrons. The molecule has 0 saturated heterocycles. The van der Waals surface area contributed by atoms with E-state index in [0.29, 0.717) is 11.5 Å². The van der Waals surface area contributed by atoms with E-state index in [4.69, 9.17) is 9.31 Å². The Morgan fingerprint density at radius 2 is 1.24 bits per heavy atom. The van der Waals surface area contributed by atoms with Crippen LogP contribution >= 0.6 is 0 Å². The summed E-state index contributed by atoms with van der Waals surface area (Å²) in [6.07, 6.45) is 0. The fourth-order valence-corrected chi connectivity index (χ4v) is 1.28. The number of halogens is 2. The van der Waals surface area contributed by atoms with Gasteiger partial charge in [0.15, 0.2) is 0 Å². The summed E-state index contributed by atoms with van der Waals surface area (Å²) in [5, 5.41) is 0. The smallest absolute Gasteiger partial charge is 0.528 e. The molecule has 2 aromatic carbocycles. The Labute approximate surface area is 98.1 Å². The highest BCUT2D eigenvalue weighted by Gasteiger charge is 2.01. The molecule has 0 amide bonds. The minimum Gasteiger partial charge on any atom is -0.528 e. The average molecular weight is 234 g/mol. The molecule has 0 aromatic heterocycles. The van der Waals surface area contributed by atoms with Crippen molar-refractivity contribution in [1.82, 2.24) is 0 Å². The SMILES string of the molecule is Fc1cccc(OBOc2cccc(F)c2)c1. The third-order valence-electron chi connectivity index (χ3n) is 2.04. The largest absolute Gasteiger partial charge is 0.576 e. The van der Waals surface area contributed by atoms with Crippen LogP contribution in [0.3, 0.4) is 0 Å². The molecule has 17 heavy (non-hydrogen) atoms. The number of hydrogen-bond donors (Lipinski definition) is 0. The molecule has 0 saturated carbocycles. The molecule has 0 atom stereocenters. The molecule has 5 heteroatoms. The van der Waals surface area contributed by atoms with E-state index in [0.717, 1.165) is 0 Å². The lowest BCUT2D eigenvalue weighted by Crippen LogP contribution is -2.10. The maximum absolute atomic E-state index is 12.8. The zero-order valence-electron chi connectivity index (χ0n) is 8.90. The normalized spacial score (nSPS) is 9.76. The van der Waals surface area contributed by atoms with Gasteiger partial charge in [-0.2, -0.15) is 0 Å². The van der Waals surface area contributed by atoms with Gasteiger partial charge in [0, 0.05) is 12.1 Å². The second-order valence-corrected chi connectivity index (χ2v) is 3.32. The zero-order chi connectivity index (χ0) is 12.1. The van der Waals surface area contributed by atoms with Crippen molar-refractivity contribution >= 4 is 7.69 Å². The minimum absolute atomic E-state index is 0.104. The molecular weight excluding hydrogens is 225 g/mol. The summed E-state index contributed by atoms with van der Waals surface area (Å²) < 4.78 is 35.9. The molecule has 0 aliphatic carbocycles. The van der Waals surface area contributed by atoms with E-state index in [2.05, 4.69) is 0 Å². The van der Waals surface area contributed by atoms with Crippen LogP contribution in [0, 0.1) is 11.6 Å². The molecule has 0 bridgehead atoms. The second-order valence-electron chi connectivity index (χ2n) is 3.32. The summed E-state index contributed by atoms with van der Waals surface area (Å²) >= 11 is 0. The van der Waals surface area contributed by atoms with Crippen molar-refractivity contribution in [3.63, 3.8) is 0 Å². The van der Waals surface area contributed by atoms with Gasteiger partial charge in [0.25, 0.3) is 0 Å². The highest BCUT2D eigenvalue weighted by Crippen LogP contribution is 2.14. The Kier molecular flexibility index (Phi) is 3.60. The molecule has 0 unspecified atom stereocenters. The first-order chi connectivity index (χ1) is 8.24. The summed E-state index contributed by atoms with van der Waals surface area (Å²) in [6.45, 7) is 0. The summed E-state index contributed by atoms with van der Waals surface area (Å²) in [7, 11) is -0.104. The summed E-state index contributed by atoms with van der Waals surface area (Å²) in [5.41, 5.74) is 0. The van der Waals surface area contributed by atoms with Gasteiger partial charge >= 0.3 is 7.69 Å². The van der Waals surface area contributed by atoms with Gasteiger partial charge in [-0.3, -0.25) is 0 Å². The molecule has 0 heterocycles. The Bertz CT molecular complexity index is 460. The first kappa shape index (κ1) is 11.5. The summed E-state index contributed by atoms with van der Waals surface area (Å²) in [6, 6.07) is 11.4. The highest BCUT2D eigenvalue weighted by molar-refractivity contribution is 6.20. The molecule has 0 spiro atoms. The van der Waals surface area contributed by atoms with Crippen molar-refractivity contribution in [1.29, 1.82) is 0 Å². The number of hydrogen-bond acceptors (Lipinski definition) is 2. The van der Waals surface area contributed by atoms with E-state index in [1.807, 2.05) is 0 Å². The Morgan fingerprint density at radius 1 is 0.765 bits per heavy atom. The lowest BCUT2D eigenvalue weighted by molar-refractivity contribution is 0.454. The Balaban J connectivity index is 1.87. The molecule has 2 aromatic rings. The zero-order valence-corrected chi connectivity index (χ0v) is 8.90. The van der Waals surface area contributed by atoms with Crippen LogP contribution in [0.15, 0.2) is 48.5 Å². The van der Waals surface area contributed by atoms with Crippen LogP contribution in [-0.4, -0.2) is 7.69 Å². The van der Waals surface area contributed by atoms with Crippen molar-refractivity contribution in [2.75, 3.05) is 0 Å². The molecule has 2 rings (SSSR count). The topological polar surface area (TPSA) is 18.5 Å². The first-order valence-electron chi connectivity index (χ1n) is 5.01. The third-order valence-corrected chi connectivity index (χ3v) is 2.04. The lowest BCUT2D eigenvalue weighted by Gasteiger charge is -2.07. The van der Waals surface area contributed by atoms with E-state index in [1.165, 1.54) is 36.4 Å². The maximum atomic E-state index is 12.8. The van der Waals surface area contributed by atoms with Crippen molar-refractivity contribution in [3.05, 3.63) is 60.2 Å². The van der Waals surface area contributed by atoms with Crippen LogP contribution in [-0.2, 0) is 0 Å². The summed E-state index contributed by atoms with van der Waals surface area (Å²) in [4.78, 5) is 0. The van der Waals surface area contributed by atoms with Gasteiger partial charge < -0.3 is 9.31 Å². The predicted molar refractivity (Wildman–Crippen MR) is 61.2 cm³/mol. The van der Waals surface area contributed by atoms with Crippen LogP contribution < -0.4 is 9.31 Å². The van der Waals surface area contributed by atoms with E-state index in [-0.39, 0.29) is 19.3 Å². The summed E-state index contributed by atoms with van der Waals surface area (Å²) in [5.74, 6) is -0.0377. The molecule has 0 fully saturated rings. The van der Waals surface area contributed by atoms with Gasteiger partial charge in [-0.05, 0) is 24.3 Å². The lowest BCUT2D eigenvalue weighted by atomic mass is 10.3. The van der Waals surface area contributed by atoms with Crippen LogP contribution in [0.25, 0.3) is 0 Å². The fraction of sp³-hybridized carbons (Fsp3) is 0. The average Bonchev–Trinajstić information content (AvgIpc) is 2.29. The van der Waals surface area contributed by atoms with Gasteiger partial charge in [-0.25, -0.2) is 8.78 Å². The van der Waals surface area contributed by atoms with Crippen LogP contribution in [0.5, 0.6) is 11.5 Å². The molecule has 0 radical (unpaired) electrons. The van der Waals surface area contributed by atoms with E-state index < -0.39 is 0 Å². The standard InChI is InChI=1S/C12H9BF2O2/c14-9-3-1-5-11(7-9)16-13-17-12-6-2-4-10(15)8-12/h1-8,13H. The van der Waals surface area contributed by atoms with Gasteiger partial charge in [-0.15, -0.1) is 0 Å². The highest BCUT2D eigenvalue weighted by atomic mass is 19.1. The van der Waals surface area contributed by atoms with E-state index >= 15 is 0 Å². The van der Waals surface area contributed by atoms with Gasteiger partial charge in [0.05, 0.1) is 0 Å². The third kappa shape index (κ3) is 3.48. The van der Waals surface area contributed by atoms with Crippen LogP contribution in [0.4, 0.5) is 8.78 Å². The molecule has 0 aliphatic rings. The van der Waals surface area contributed by atoms with Gasteiger partial charge in [0.1, 0.15) is 23.1 Å². The molecule has 2 nitrogen and oxygen atoms in total. The second kappa shape index (κ2) is 5.34. The monoisotopic (exact) mass is 234 g/mol. The first-order valence-corrected chi connectivity index (χ1v) is 5.01. The van der Waals surface area contributed by atoms with Crippen molar-refractivity contribution in [3.8, 4) is 11.5 Å². The maximum Gasteiger partial charge on any atom is 0.576 e. The van der Waals surface area contributed by atoms with Gasteiger partial charge in [0.2, 0.25) is 0 Å². The predicted octanol–water partition coefficient (Wildman–Crippen LogP) is 2.69. The van der Waals surface area contributed by atoms with Crippen molar-refractivity contribution in [2.45, 2.75) is 0 Å². The van der Waals surface area contributed by atoms with Crippen molar-refractivity contribution < 1.29 is 18.1 Å². The van der Waals surface area contributed by atoms with Crippen LogP contribution in [0.1, 0.15) is 0 Å². The Morgan fingerprint density at radius 3 is 1.65 bits per heavy atom. The van der Waals surface area contributed by atoms with Gasteiger partial charge in [-0.1, -0.05) is 12.1 Å². The van der Waals surface area contributed by atoms with E-state index in [1.54, 1.807) is 12.1 Å². The van der Waals surface area contributed by atoms with Crippen LogP contribution in [0.2, 0.25) is 0 Å². The fourth-order valence-electron chi connectivity index (χ4n) is 1.28. The number of benzene rings is 2. The van der Waals surface area contributed by atoms with E-state index in [9.17, 15) is 8.78 Å². The quantitative estimate of drug-likeness (QED) is 0.757. The molecule has 0 N–H and O–H groups in total.